The molecule has 0 saturated carbocycles. The van der Waals surface area contributed by atoms with Crippen LogP contribution < -0.4 is 0 Å². The van der Waals surface area contributed by atoms with Crippen molar-refractivity contribution in [3.63, 3.8) is 0 Å². The van der Waals surface area contributed by atoms with Crippen molar-refractivity contribution in [3.8, 4) is 0 Å². The van der Waals surface area contributed by atoms with Crippen LogP contribution in [0.4, 0.5) is 0 Å². The monoisotopic (exact) mass is 402 g/mol. The van der Waals surface area contributed by atoms with Crippen LogP contribution in [0.3, 0.4) is 0 Å². The Morgan fingerprint density at radius 3 is 2.00 bits per heavy atom. The standard InChI is InChI=1S/C20H34O8/c1-6-10-11-12-13-16(18(23)28-15(5)21)20(27-9-4,19(24)26-8-3)14-17(22)25-7-2/h16H,6-14H2,1-5H3. The van der Waals surface area contributed by atoms with Gasteiger partial charge in [-0.25, -0.2) is 4.79 Å². The lowest BCUT2D eigenvalue weighted by Gasteiger charge is -2.36. The molecule has 0 aromatic rings. The minimum absolute atomic E-state index is 0.0425. The van der Waals surface area contributed by atoms with Crippen molar-refractivity contribution < 1.29 is 38.1 Å². The maximum atomic E-state index is 12.9. The van der Waals surface area contributed by atoms with E-state index >= 15 is 0 Å². The molecule has 0 heterocycles. The predicted molar refractivity (Wildman–Crippen MR) is 101 cm³/mol. The van der Waals surface area contributed by atoms with E-state index in [2.05, 4.69) is 0 Å². The number of rotatable bonds is 14. The van der Waals surface area contributed by atoms with Gasteiger partial charge in [0, 0.05) is 13.5 Å². The summed E-state index contributed by atoms with van der Waals surface area (Å²) in [4.78, 5) is 49.2. The summed E-state index contributed by atoms with van der Waals surface area (Å²) in [6.07, 6.45) is 3.07. The van der Waals surface area contributed by atoms with Crippen molar-refractivity contribution in [3.05, 3.63) is 0 Å². The summed E-state index contributed by atoms with van der Waals surface area (Å²) in [6, 6.07) is 0. The van der Waals surface area contributed by atoms with E-state index in [0.29, 0.717) is 6.42 Å². The highest BCUT2D eigenvalue weighted by Crippen LogP contribution is 2.34. The van der Waals surface area contributed by atoms with Gasteiger partial charge in [0.1, 0.15) is 0 Å². The molecule has 0 radical (unpaired) electrons. The van der Waals surface area contributed by atoms with Crippen molar-refractivity contribution in [2.24, 2.45) is 5.92 Å². The Morgan fingerprint density at radius 1 is 0.857 bits per heavy atom. The largest absolute Gasteiger partial charge is 0.466 e. The summed E-state index contributed by atoms with van der Waals surface area (Å²) >= 11 is 0. The third-order valence-corrected chi connectivity index (χ3v) is 4.17. The third-order valence-electron chi connectivity index (χ3n) is 4.17. The molecule has 2 atom stereocenters. The van der Waals surface area contributed by atoms with Crippen molar-refractivity contribution in [1.82, 2.24) is 0 Å². The van der Waals surface area contributed by atoms with Gasteiger partial charge >= 0.3 is 23.9 Å². The van der Waals surface area contributed by atoms with E-state index < -0.39 is 41.8 Å². The molecule has 0 spiro atoms. The topological polar surface area (TPSA) is 105 Å². The second-order valence-electron chi connectivity index (χ2n) is 6.34. The van der Waals surface area contributed by atoms with Crippen molar-refractivity contribution >= 4 is 23.9 Å². The maximum absolute atomic E-state index is 12.9. The van der Waals surface area contributed by atoms with E-state index in [4.69, 9.17) is 18.9 Å². The van der Waals surface area contributed by atoms with Crippen LogP contribution in [-0.4, -0.2) is 49.3 Å². The average molecular weight is 402 g/mol. The molecule has 0 amide bonds. The number of hydrogen-bond donors (Lipinski definition) is 0. The van der Waals surface area contributed by atoms with Gasteiger partial charge in [-0.3, -0.25) is 14.4 Å². The fourth-order valence-electron chi connectivity index (χ4n) is 3.01. The summed E-state index contributed by atoms with van der Waals surface area (Å²) in [6.45, 7) is 8.25. The molecule has 0 fully saturated rings. The second kappa shape index (κ2) is 14.1. The highest BCUT2D eigenvalue weighted by Gasteiger charge is 2.54. The van der Waals surface area contributed by atoms with Gasteiger partial charge in [-0.1, -0.05) is 32.6 Å². The molecule has 0 aromatic heterocycles. The second-order valence-corrected chi connectivity index (χ2v) is 6.34. The van der Waals surface area contributed by atoms with Crippen LogP contribution in [-0.2, 0) is 38.1 Å². The molecule has 0 aliphatic rings. The first-order valence-electron chi connectivity index (χ1n) is 9.97. The Kier molecular flexibility index (Phi) is 13.1. The SMILES string of the molecule is CCCCCCC(C(=O)OC(C)=O)C(CC(=O)OCC)(OCC)C(=O)OCC. The summed E-state index contributed by atoms with van der Waals surface area (Å²) in [5, 5.41) is 0. The molecule has 0 rings (SSSR count). The third kappa shape index (κ3) is 8.37. The molecule has 8 nitrogen and oxygen atoms in total. The van der Waals surface area contributed by atoms with Gasteiger partial charge in [-0.05, 0) is 27.2 Å². The van der Waals surface area contributed by atoms with Gasteiger partial charge in [0.25, 0.3) is 0 Å². The van der Waals surface area contributed by atoms with E-state index in [-0.39, 0.29) is 26.2 Å². The first-order valence-corrected chi connectivity index (χ1v) is 9.97. The zero-order valence-electron chi connectivity index (χ0n) is 17.7. The summed E-state index contributed by atoms with van der Waals surface area (Å²) in [5.41, 5.74) is -1.91. The minimum atomic E-state index is -1.91. The number of esters is 4. The first kappa shape index (κ1) is 26.0. The van der Waals surface area contributed by atoms with E-state index in [1.54, 1.807) is 20.8 Å². The Morgan fingerprint density at radius 2 is 1.50 bits per heavy atom. The quantitative estimate of drug-likeness (QED) is 0.189. The summed E-state index contributed by atoms with van der Waals surface area (Å²) < 4.78 is 20.6. The molecular formula is C20H34O8. The molecule has 8 heteroatoms. The van der Waals surface area contributed by atoms with Gasteiger partial charge in [0.05, 0.1) is 25.6 Å². The lowest BCUT2D eigenvalue weighted by Crippen LogP contribution is -2.54. The Balaban J connectivity index is 6.02. The van der Waals surface area contributed by atoms with Crippen LogP contribution in [0, 0.1) is 5.92 Å². The Bertz CT molecular complexity index is 516. The van der Waals surface area contributed by atoms with E-state index in [1.807, 2.05) is 6.92 Å². The molecule has 162 valence electrons. The smallest absolute Gasteiger partial charge is 0.339 e. The van der Waals surface area contributed by atoms with Gasteiger partial charge < -0.3 is 18.9 Å². The van der Waals surface area contributed by atoms with E-state index in [0.717, 1.165) is 26.2 Å². The minimum Gasteiger partial charge on any atom is -0.466 e. The van der Waals surface area contributed by atoms with E-state index in [1.165, 1.54) is 0 Å². The highest BCUT2D eigenvalue weighted by atomic mass is 16.6. The molecule has 0 aromatic carbocycles. The molecule has 0 aliphatic carbocycles. The molecular weight excluding hydrogens is 368 g/mol. The number of unbranched alkanes of at least 4 members (excludes halogenated alkanes) is 3. The van der Waals surface area contributed by atoms with Gasteiger partial charge in [0.2, 0.25) is 0 Å². The molecule has 2 unspecified atom stereocenters. The zero-order valence-corrected chi connectivity index (χ0v) is 17.7. The lowest BCUT2D eigenvalue weighted by molar-refractivity contribution is -0.196. The normalized spacial score (nSPS) is 13.9. The Hall–Kier alpha value is -1.96. The molecule has 0 bridgehead atoms. The number of hydrogen-bond acceptors (Lipinski definition) is 8. The van der Waals surface area contributed by atoms with Crippen LogP contribution in [0.15, 0.2) is 0 Å². The van der Waals surface area contributed by atoms with Gasteiger partial charge in [0.15, 0.2) is 5.60 Å². The number of carbonyl (C=O) groups excluding carboxylic acids is 4. The molecule has 28 heavy (non-hydrogen) atoms. The fraction of sp³-hybridized carbons (Fsp3) is 0.800. The number of ether oxygens (including phenoxy) is 4. The summed E-state index contributed by atoms with van der Waals surface area (Å²) in [7, 11) is 0. The van der Waals surface area contributed by atoms with Crippen LogP contribution in [0.25, 0.3) is 0 Å². The highest BCUT2D eigenvalue weighted by molar-refractivity contribution is 5.94. The first-order chi connectivity index (χ1) is 13.3. The average Bonchev–Trinajstić information content (AvgIpc) is 2.61. The maximum Gasteiger partial charge on any atom is 0.339 e. The van der Waals surface area contributed by atoms with Crippen LogP contribution in [0.2, 0.25) is 0 Å². The molecule has 0 N–H and O–H groups in total. The fourth-order valence-corrected chi connectivity index (χ4v) is 3.01. The zero-order chi connectivity index (χ0) is 21.6. The van der Waals surface area contributed by atoms with Gasteiger partial charge in [-0.15, -0.1) is 0 Å². The van der Waals surface area contributed by atoms with Crippen LogP contribution in [0.1, 0.15) is 73.1 Å². The van der Waals surface area contributed by atoms with E-state index in [9.17, 15) is 19.2 Å². The van der Waals surface area contributed by atoms with Crippen molar-refractivity contribution in [2.75, 3.05) is 19.8 Å². The van der Waals surface area contributed by atoms with Crippen LogP contribution >= 0.6 is 0 Å². The van der Waals surface area contributed by atoms with Gasteiger partial charge in [-0.2, -0.15) is 0 Å². The molecule has 0 aliphatic heterocycles. The van der Waals surface area contributed by atoms with Crippen molar-refractivity contribution in [1.29, 1.82) is 0 Å². The lowest BCUT2D eigenvalue weighted by atomic mass is 9.80. The van der Waals surface area contributed by atoms with Crippen molar-refractivity contribution in [2.45, 2.75) is 78.7 Å². The van der Waals surface area contributed by atoms with Crippen LogP contribution in [0.5, 0.6) is 0 Å². The Labute approximate surface area is 167 Å². The number of carbonyl (C=O) groups is 4. The predicted octanol–water partition coefficient (Wildman–Crippen LogP) is 2.95. The summed E-state index contributed by atoms with van der Waals surface area (Å²) in [5.74, 6) is -4.41. The molecule has 0 saturated heterocycles.